The van der Waals surface area contributed by atoms with Crippen molar-refractivity contribution in [3.05, 3.63) is 35.9 Å². The molecule has 0 spiro atoms. The second-order valence-electron chi connectivity index (χ2n) is 4.44. The SMILES string of the molecule is CC(C)(C)C(Cl)(N=C=O)c1ccccc1. The molecule has 0 fully saturated rings. The number of carbonyl (C=O) groups excluding carboxylic acids is 1. The van der Waals surface area contributed by atoms with Crippen LogP contribution in [0.2, 0.25) is 0 Å². The van der Waals surface area contributed by atoms with Crippen molar-refractivity contribution in [1.82, 2.24) is 0 Å². The van der Waals surface area contributed by atoms with Crippen molar-refractivity contribution in [3.63, 3.8) is 0 Å². The highest BCUT2D eigenvalue weighted by Gasteiger charge is 2.41. The molecule has 0 saturated heterocycles. The number of halogens is 1. The van der Waals surface area contributed by atoms with Gasteiger partial charge in [0.2, 0.25) is 6.08 Å². The van der Waals surface area contributed by atoms with E-state index >= 15 is 0 Å². The molecule has 0 aliphatic heterocycles. The molecule has 1 aromatic carbocycles. The third-order valence-electron chi connectivity index (χ3n) is 2.35. The van der Waals surface area contributed by atoms with Crippen LogP contribution in [0.5, 0.6) is 0 Å². The molecule has 1 atom stereocenters. The number of rotatable bonds is 2. The van der Waals surface area contributed by atoms with Crippen LogP contribution in [0.1, 0.15) is 26.3 Å². The third kappa shape index (κ3) is 2.28. The van der Waals surface area contributed by atoms with E-state index in [-0.39, 0.29) is 5.41 Å². The van der Waals surface area contributed by atoms with Crippen LogP contribution in [0, 0.1) is 5.41 Å². The molecule has 1 unspecified atom stereocenters. The number of alkyl halides is 1. The molecule has 15 heavy (non-hydrogen) atoms. The summed E-state index contributed by atoms with van der Waals surface area (Å²) in [5.74, 6) is 0. The standard InChI is InChI=1S/C12H14ClNO/c1-11(2,3)12(13,14-9-15)10-7-5-4-6-8-10/h4-8H,1-3H3. The fourth-order valence-electron chi connectivity index (χ4n) is 1.39. The summed E-state index contributed by atoms with van der Waals surface area (Å²) >= 11 is 6.41. The number of nitrogens with zero attached hydrogens (tertiary/aromatic N) is 1. The van der Waals surface area contributed by atoms with Crippen LogP contribution in [-0.2, 0) is 9.79 Å². The Hall–Kier alpha value is -1.11. The quantitative estimate of drug-likeness (QED) is 0.327. The zero-order chi connectivity index (χ0) is 11.5. The smallest absolute Gasteiger partial charge is 0.211 e. The molecule has 2 nitrogen and oxygen atoms in total. The summed E-state index contributed by atoms with van der Waals surface area (Å²) in [6.07, 6.45) is 1.56. The second-order valence-corrected chi connectivity index (χ2v) is 4.99. The van der Waals surface area contributed by atoms with E-state index in [9.17, 15) is 4.79 Å². The Morgan fingerprint density at radius 2 is 1.73 bits per heavy atom. The zero-order valence-corrected chi connectivity index (χ0v) is 9.88. The average molecular weight is 224 g/mol. The summed E-state index contributed by atoms with van der Waals surface area (Å²) in [5, 5.41) is 0. The van der Waals surface area contributed by atoms with Gasteiger partial charge in [-0.3, -0.25) is 0 Å². The summed E-state index contributed by atoms with van der Waals surface area (Å²) in [5.41, 5.74) is 0.454. The summed E-state index contributed by atoms with van der Waals surface area (Å²) in [7, 11) is 0. The third-order valence-corrected chi connectivity index (χ3v) is 3.22. The fourth-order valence-corrected chi connectivity index (χ4v) is 1.55. The summed E-state index contributed by atoms with van der Waals surface area (Å²) in [6, 6.07) is 9.36. The molecular weight excluding hydrogens is 210 g/mol. The second kappa shape index (κ2) is 4.18. The predicted molar refractivity (Wildman–Crippen MR) is 61.5 cm³/mol. The molecule has 0 aromatic heterocycles. The molecular formula is C12H14ClNO. The van der Waals surface area contributed by atoms with E-state index in [1.165, 1.54) is 0 Å². The van der Waals surface area contributed by atoms with Gasteiger partial charge in [-0.2, -0.15) is 4.99 Å². The van der Waals surface area contributed by atoms with Crippen molar-refractivity contribution in [2.45, 2.75) is 25.8 Å². The Bertz CT molecular complexity index is 376. The van der Waals surface area contributed by atoms with Gasteiger partial charge >= 0.3 is 0 Å². The van der Waals surface area contributed by atoms with Crippen LogP contribution in [0.15, 0.2) is 35.3 Å². The van der Waals surface area contributed by atoms with Gasteiger partial charge in [-0.15, -0.1) is 0 Å². The number of isocyanates is 1. The highest BCUT2D eigenvalue weighted by molar-refractivity contribution is 6.24. The minimum Gasteiger partial charge on any atom is -0.211 e. The Labute approximate surface area is 95.0 Å². The molecule has 0 bridgehead atoms. The van der Waals surface area contributed by atoms with E-state index in [0.717, 1.165) is 5.56 Å². The van der Waals surface area contributed by atoms with Crippen LogP contribution in [0.4, 0.5) is 0 Å². The summed E-state index contributed by atoms with van der Waals surface area (Å²) in [4.78, 5) is 13.2. The molecule has 0 saturated carbocycles. The van der Waals surface area contributed by atoms with Crippen LogP contribution in [-0.4, -0.2) is 6.08 Å². The molecule has 80 valence electrons. The lowest BCUT2D eigenvalue weighted by atomic mass is 9.82. The maximum atomic E-state index is 10.5. The number of hydrogen-bond donors (Lipinski definition) is 0. The first-order valence-corrected chi connectivity index (χ1v) is 5.13. The first-order chi connectivity index (χ1) is 6.92. The monoisotopic (exact) mass is 223 g/mol. The van der Waals surface area contributed by atoms with E-state index in [2.05, 4.69) is 4.99 Å². The number of aliphatic imine (C=N–C) groups is 1. The maximum Gasteiger partial charge on any atom is 0.237 e. The van der Waals surface area contributed by atoms with Crippen molar-refractivity contribution in [1.29, 1.82) is 0 Å². The minimum absolute atomic E-state index is 0.354. The molecule has 1 rings (SSSR count). The van der Waals surface area contributed by atoms with E-state index in [0.29, 0.717) is 0 Å². The van der Waals surface area contributed by atoms with Gasteiger partial charge in [-0.1, -0.05) is 62.7 Å². The Morgan fingerprint density at radius 3 is 2.13 bits per heavy atom. The normalized spacial score (nSPS) is 15.2. The molecule has 0 aliphatic rings. The molecule has 0 amide bonds. The predicted octanol–water partition coefficient (Wildman–Crippen LogP) is 3.46. The largest absolute Gasteiger partial charge is 0.237 e. The van der Waals surface area contributed by atoms with Gasteiger partial charge in [0, 0.05) is 5.41 Å². The molecule has 0 aliphatic carbocycles. The fraction of sp³-hybridized carbons (Fsp3) is 0.417. The summed E-state index contributed by atoms with van der Waals surface area (Å²) in [6.45, 7) is 5.82. The van der Waals surface area contributed by atoms with E-state index < -0.39 is 5.00 Å². The van der Waals surface area contributed by atoms with Crippen LogP contribution < -0.4 is 0 Å². The summed E-state index contributed by atoms with van der Waals surface area (Å²) < 4.78 is 0. The highest BCUT2D eigenvalue weighted by atomic mass is 35.5. The average Bonchev–Trinajstić information content (AvgIpc) is 2.18. The van der Waals surface area contributed by atoms with Crippen molar-refractivity contribution < 1.29 is 4.79 Å². The van der Waals surface area contributed by atoms with Crippen LogP contribution >= 0.6 is 11.6 Å². The lowest BCUT2D eigenvalue weighted by Crippen LogP contribution is -2.32. The van der Waals surface area contributed by atoms with Gasteiger partial charge in [0.15, 0.2) is 5.00 Å². The lowest BCUT2D eigenvalue weighted by Gasteiger charge is -2.35. The highest BCUT2D eigenvalue weighted by Crippen LogP contribution is 2.45. The number of benzene rings is 1. The van der Waals surface area contributed by atoms with Crippen molar-refractivity contribution in [2.75, 3.05) is 0 Å². The molecule has 0 heterocycles. The minimum atomic E-state index is -1.05. The topological polar surface area (TPSA) is 29.4 Å². The van der Waals surface area contributed by atoms with E-state index in [4.69, 9.17) is 11.6 Å². The van der Waals surface area contributed by atoms with Gasteiger partial charge in [-0.05, 0) is 5.56 Å². The van der Waals surface area contributed by atoms with Gasteiger partial charge in [-0.25, -0.2) is 4.79 Å². The Kier molecular flexibility index (Phi) is 3.33. The van der Waals surface area contributed by atoms with Gasteiger partial charge in [0.1, 0.15) is 0 Å². The molecule has 1 aromatic rings. The van der Waals surface area contributed by atoms with Crippen LogP contribution in [0.3, 0.4) is 0 Å². The van der Waals surface area contributed by atoms with Crippen LogP contribution in [0.25, 0.3) is 0 Å². The lowest BCUT2D eigenvalue weighted by molar-refractivity contribution is 0.284. The zero-order valence-electron chi connectivity index (χ0n) is 9.12. The van der Waals surface area contributed by atoms with Gasteiger partial charge < -0.3 is 0 Å². The Balaban J connectivity index is 3.32. The number of hydrogen-bond acceptors (Lipinski definition) is 2. The van der Waals surface area contributed by atoms with E-state index in [1.54, 1.807) is 6.08 Å². The van der Waals surface area contributed by atoms with Gasteiger partial charge in [0.25, 0.3) is 0 Å². The van der Waals surface area contributed by atoms with Crippen molar-refractivity contribution >= 4 is 17.7 Å². The van der Waals surface area contributed by atoms with Crippen molar-refractivity contribution in [2.24, 2.45) is 10.4 Å². The molecule has 0 N–H and O–H groups in total. The molecule has 3 heteroatoms. The molecule has 0 radical (unpaired) electrons. The van der Waals surface area contributed by atoms with Gasteiger partial charge in [0.05, 0.1) is 0 Å². The first kappa shape index (κ1) is 12.0. The van der Waals surface area contributed by atoms with E-state index in [1.807, 2.05) is 51.1 Å². The van der Waals surface area contributed by atoms with Crippen molar-refractivity contribution in [3.8, 4) is 0 Å². The first-order valence-electron chi connectivity index (χ1n) is 4.75. The maximum absolute atomic E-state index is 10.5. The Morgan fingerprint density at radius 1 is 1.20 bits per heavy atom.